The molecule has 0 amide bonds. The zero-order chi connectivity index (χ0) is 6.85. The van der Waals surface area contributed by atoms with E-state index in [1.54, 1.807) is 0 Å². The van der Waals surface area contributed by atoms with Gasteiger partial charge in [0, 0.05) is 13.1 Å². The highest BCUT2D eigenvalue weighted by molar-refractivity contribution is 5.04. The van der Waals surface area contributed by atoms with Gasteiger partial charge in [-0.25, -0.2) is 0 Å². The molecule has 0 saturated carbocycles. The molecule has 1 rings (SSSR count). The predicted octanol–water partition coefficient (Wildman–Crippen LogP) is 0.171. The fourth-order valence-corrected chi connectivity index (χ4v) is 0.806. The second-order valence-corrected chi connectivity index (χ2v) is 2.45. The Morgan fingerprint density at radius 1 is 1.44 bits per heavy atom. The van der Waals surface area contributed by atoms with Crippen molar-refractivity contribution in [2.75, 3.05) is 20.6 Å². The van der Waals surface area contributed by atoms with Crippen molar-refractivity contribution in [3.8, 4) is 12.0 Å². The molecule has 0 aliphatic carbocycles. The molecule has 0 bridgehead atoms. The van der Waals surface area contributed by atoms with E-state index in [0.717, 1.165) is 6.54 Å². The summed E-state index contributed by atoms with van der Waals surface area (Å²) in [7, 11) is 4.09. The van der Waals surface area contributed by atoms with Gasteiger partial charge in [0.05, 0.1) is 12.7 Å². The Kier molecular flexibility index (Phi) is 1.63. The topological polar surface area (TPSA) is 6.48 Å². The number of rotatable bonds is 0. The molecule has 0 N–H and O–H groups in total. The fourth-order valence-electron chi connectivity index (χ4n) is 0.806. The van der Waals surface area contributed by atoms with Crippen molar-refractivity contribution >= 4 is 0 Å². The summed E-state index contributed by atoms with van der Waals surface area (Å²) >= 11 is 0. The molecule has 1 aliphatic heterocycles. The van der Waals surface area contributed by atoms with Gasteiger partial charge in [0.2, 0.25) is 0 Å². The van der Waals surface area contributed by atoms with E-state index in [9.17, 15) is 0 Å². The van der Waals surface area contributed by atoms with Crippen LogP contribution in [-0.2, 0) is 0 Å². The van der Waals surface area contributed by atoms with Gasteiger partial charge in [-0.1, -0.05) is 5.92 Å². The minimum absolute atomic E-state index is 0.464. The van der Waals surface area contributed by atoms with Crippen LogP contribution in [0.4, 0.5) is 0 Å². The third kappa shape index (κ3) is 1.17. The van der Waals surface area contributed by atoms with Crippen LogP contribution in [0.15, 0.2) is 0 Å². The summed E-state index contributed by atoms with van der Waals surface area (Å²) in [5.41, 5.74) is 0. The van der Waals surface area contributed by atoms with Gasteiger partial charge in [-0.3, -0.25) is 4.90 Å². The van der Waals surface area contributed by atoms with Crippen LogP contribution in [0.5, 0.6) is 0 Å². The molecular weight excluding hydrogens is 112 g/mol. The molecule has 50 valence electrons. The molecule has 1 aliphatic rings. The first-order chi connectivity index (χ1) is 4.22. The van der Waals surface area contributed by atoms with Crippen molar-refractivity contribution in [2.45, 2.75) is 13.1 Å². The van der Waals surface area contributed by atoms with E-state index < -0.39 is 0 Å². The van der Waals surface area contributed by atoms with Gasteiger partial charge in [0.15, 0.2) is 0 Å². The molecule has 0 fully saturated rings. The zero-order valence-corrected chi connectivity index (χ0v) is 6.18. The highest BCUT2D eigenvalue weighted by Gasteiger charge is 2.13. The molecule has 0 radical (unpaired) electrons. The zero-order valence-electron chi connectivity index (χ0n) is 6.18. The van der Waals surface area contributed by atoms with Gasteiger partial charge in [-0.05, 0) is 14.0 Å². The summed E-state index contributed by atoms with van der Waals surface area (Å²) in [6.07, 6.45) is 0.464. The van der Waals surface area contributed by atoms with Crippen LogP contribution in [0.2, 0.25) is 0 Å². The molecule has 1 atom stereocenters. The SMILES string of the molecule is CC1N(C)C#CCN1C. The third-order valence-corrected chi connectivity index (χ3v) is 1.78. The first-order valence-electron chi connectivity index (χ1n) is 3.13. The molecule has 0 spiro atoms. The molecule has 0 aromatic heterocycles. The van der Waals surface area contributed by atoms with E-state index in [-0.39, 0.29) is 0 Å². The second-order valence-electron chi connectivity index (χ2n) is 2.45. The summed E-state index contributed by atoms with van der Waals surface area (Å²) in [5.74, 6) is 3.02. The maximum Gasteiger partial charge on any atom is 0.0869 e. The van der Waals surface area contributed by atoms with Crippen molar-refractivity contribution in [1.82, 2.24) is 9.80 Å². The molecule has 0 aromatic carbocycles. The second kappa shape index (κ2) is 2.28. The normalized spacial score (nSPS) is 27.4. The minimum Gasteiger partial charge on any atom is -0.319 e. The average molecular weight is 124 g/mol. The first kappa shape index (κ1) is 6.44. The molecule has 9 heavy (non-hydrogen) atoms. The van der Waals surface area contributed by atoms with Crippen LogP contribution in [0.25, 0.3) is 0 Å². The maximum absolute atomic E-state index is 3.02. The van der Waals surface area contributed by atoms with Crippen molar-refractivity contribution < 1.29 is 0 Å². The largest absolute Gasteiger partial charge is 0.319 e. The Labute approximate surface area is 56.4 Å². The van der Waals surface area contributed by atoms with Crippen LogP contribution in [0.1, 0.15) is 6.92 Å². The smallest absolute Gasteiger partial charge is 0.0869 e. The monoisotopic (exact) mass is 124 g/mol. The number of hydrogen-bond acceptors (Lipinski definition) is 2. The molecule has 0 saturated heterocycles. The summed E-state index contributed by atoms with van der Waals surface area (Å²) in [6, 6.07) is 3.00. The molecule has 1 unspecified atom stereocenters. The molecular formula is C7H12N2. The third-order valence-electron chi connectivity index (χ3n) is 1.78. The van der Waals surface area contributed by atoms with E-state index in [4.69, 9.17) is 0 Å². The Morgan fingerprint density at radius 2 is 2.11 bits per heavy atom. The minimum atomic E-state index is 0.464. The quantitative estimate of drug-likeness (QED) is 0.425. The Hall–Kier alpha value is -0.680. The van der Waals surface area contributed by atoms with Gasteiger partial charge in [0.1, 0.15) is 0 Å². The highest BCUT2D eigenvalue weighted by atomic mass is 15.3. The number of nitrogens with zero attached hydrogens (tertiary/aromatic N) is 2. The Bertz CT molecular complexity index is 154. The molecule has 0 aromatic rings. The van der Waals surface area contributed by atoms with Crippen LogP contribution in [-0.4, -0.2) is 36.6 Å². The van der Waals surface area contributed by atoms with Gasteiger partial charge in [-0.2, -0.15) is 0 Å². The summed E-state index contributed by atoms with van der Waals surface area (Å²) < 4.78 is 0. The van der Waals surface area contributed by atoms with Crippen LogP contribution < -0.4 is 0 Å². The van der Waals surface area contributed by atoms with E-state index in [1.807, 2.05) is 11.9 Å². The first-order valence-corrected chi connectivity index (χ1v) is 3.13. The average Bonchev–Trinajstić information content (AvgIpc) is 1.83. The molecule has 2 nitrogen and oxygen atoms in total. The van der Waals surface area contributed by atoms with E-state index >= 15 is 0 Å². The van der Waals surface area contributed by atoms with Crippen LogP contribution in [0, 0.1) is 12.0 Å². The summed E-state index contributed by atoms with van der Waals surface area (Å²) in [6.45, 7) is 3.04. The predicted molar refractivity (Wildman–Crippen MR) is 37.6 cm³/mol. The summed E-state index contributed by atoms with van der Waals surface area (Å²) in [4.78, 5) is 4.22. The Balaban J connectivity index is 2.64. The van der Waals surface area contributed by atoms with Crippen molar-refractivity contribution in [3.05, 3.63) is 0 Å². The van der Waals surface area contributed by atoms with E-state index in [1.165, 1.54) is 0 Å². The Morgan fingerprint density at radius 3 is 2.56 bits per heavy atom. The van der Waals surface area contributed by atoms with Crippen molar-refractivity contribution in [1.29, 1.82) is 0 Å². The lowest BCUT2D eigenvalue weighted by Gasteiger charge is -2.31. The van der Waals surface area contributed by atoms with E-state index in [2.05, 4.69) is 30.8 Å². The van der Waals surface area contributed by atoms with Crippen molar-refractivity contribution in [2.24, 2.45) is 0 Å². The van der Waals surface area contributed by atoms with Crippen LogP contribution >= 0.6 is 0 Å². The van der Waals surface area contributed by atoms with Crippen LogP contribution in [0.3, 0.4) is 0 Å². The maximum atomic E-state index is 3.02. The highest BCUT2D eigenvalue weighted by Crippen LogP contribution is 2.01. The number of hydrogen-bond donors (Lipinski definition) is 0. The summed E-state index contributed by atoms with van der Waals surface area (Å²) in [5, 5.41) is 0. The van der Waals surface area contributed by atoms with E-state index in [0.29, 0.717) is 6.17 Å². The van der Waals surface area contributed by atoms with Gasteiger partial charge in [0.25, 0.3) is 0 Å². The molecule has 2 heteroatoms. The lowest BCUT2D eigenvalue weighted by atomic mass is 10.4. The lowest BCUT2D eigenvalue weighted by Crippen LogP contribution is -2.42. The van der Waals surface area contributed by atoms with Gasteiger partial charge >= 0.3 is 0 Å². The molecule has 1 heterocycles. The fraction of sp³-hybridized carbons (Fsp3) is 0.714. The van der Waals surface area contributed by atoms with Gasteiger partial charge < -0.3 is 4.90 Å². The lowest BCUT2D eigenvalue weighted by molar-refractivity contribution is 0.152. The van der Waals surface area contributed by atoms with Crippen molar-refractivity contribution in [3.63, 3.8) is 0 Å². The van der Waals surface area contributed by atoms with Gasteiger partial charge in [-0.15, -0.1) is 0 Å². The standard InChI is InChI=1S/C7H12N2/c1-7-8(2)5-4-6-9(7)3/h7H,5H2,1-3H3.